The monoisotopic (exact) mass is 307 g/mol. The van der Waals surface area contributed by atoms with E-state index in [9.17, 15) is 13.2 Å². The van der Waals surface area contributed by atoms with Crippen molar-refractivity contribution in [3.63, 3.8) is 0 Å². The fraction of sp³-hybridized carbons (Fsp3) is 0.286. The number of carbonyl (C=O) groups is 1. The summed E-state index contributed by atoms with van der Waals surface area (Å²) in [5, 5.41) is 2.71. The molecule has 0 spiro atoms. The third kappa shape index (κ3) is 4.16. The van der Waals surface area contributed by atoms with Crippen molar-refractivity contribution in [2.45, 2.75) is 24.3 Å². The number of nitrogens with zero attached hydrogens (tertiary/aromatic N) is 1. The number of imidazole rings is 1. The molecule has 2 rings (SSSR count). The first-order valence-corrected chi connectivity index (χ1v) is 8.21. The van der Waals surface area contributed by atoms with E-state index < -0.39 is 9.84 Å². The number of hydrogen-bond acceptors (Lipinski definition) is 4. The molecule has 1 aromatic heterocycles. The van der Waals surface area contributed by atoms with Gasteiger partial charge in [-0.15, -0.1) is 0 Å². The fourth-order valence-electron chi connectivity index (χ4n) is 1.87. The molecule has 0 fully saturated rings. The molecule has 1 aromatic carbocycles. The number of nitrogens with one attached hydrogen (secondary N) is 2. The Bertz CT molecular complexity index is 682. The van der Waals surface area contributed by atoms with E-state index >= 15 is 0 Å². The van der Waals surface area contributed by atoms with Gasteiger partial charge in [-0.2, -0.15) is 0 Å². The van der Waals surface area contributed by atoms with Crippen molar-refractivity contribution in [2.75, 3.05) is 5.75 Å². The quantitative estimate of drug-likeness (QED) is 0.845. The van der Waals surface area contributed by atoms with Crippen molar-refractivity contribution in [3.05, 3.63) is 48.5 Å². The molecule has 0 saturated heterocycles. The molecule has 1 atom stereocenters. The first-order chi connectivity index (χ1) is 9.99. The van der Waals surface area contributed by atoms with Crippen LogP contribution in [0.15, 0.2) is 47.6 Å². The molecule has 7 heteroatoms. The van der Waals surface area contributed by atoms with Gasteiger partial charge in [0.05, 0.1) is 16.7 Å². The average Bonchev–Trinajstić information content (AvgIpc) is 3.00. The van der Waals surface area contributed by atoms with Crippen molar-refractivity contribution >= 4 is 15.7 Å². The van der Waals surface area contributed by atoms with Gasteiger partial charge in [0.1, 0.15) is 5.82 Å². The number of amides is 1. The van der Waals surface area contributed by atoms with Crippen LogP contribution in [0, 0.1) is 0 Å². The van der Waals surface area contributed by atoms with Gasteiger partial charge in [-0.05, 0) is 19.1 Å². The van der Waals surface area contributed by atoms with Gasteiger partial charge in [-0.1, -0.05) is 18.2 Å². The number of rotatable bonds is 6. The van der Waals surface area contributed by atoms with Crippen LogP contribution < -0.4 is 5.32 Å². The van der Waals surface area contributed by atoms with Crippen molar-refractivity contribution < 1.29 is 13.2 Å². The maximum atomic E-state index is 12.1. The van der Waals surface area contributed by atoms with E-state index in [-0.39, 0.29) is 29.0 Å². The smallest absolute Gasteiger partial charge is 0.221 e. The summed E-state index contributed by atoms with van der Waals surface area (Å²) >= 11 is 0. The number of H-pyrrole nitrogens is 1. The van der Waals surface area contributed by atoms with Gasteiger partial charge in [0, 0.05) is 18.8 Å². The van der Waals surface area contributed by atoms with Gasteiger partial charge < -0.3 is 10.3 Å². The second kappa shape index (κ2) is 6.53. The van der Waals surface area contributed by atoms with Crippen LogP contribution in [0.4, 0.5) is 0 Å². The summed E-state index contributed by atoms with van der Waals surface area (Å²) in [5.74, 6) is 0.0981. The molecule has 1 amide bonds. The zero-order valence-electron chi connectivity index (χ0n) is 11.6. The fourth-order valence-corrected chi connectivity index (χ4v) is 3.13. The minimum absolute atomic E-state index is 0.0811. The SMILES string of the molecule is CC(NC(=O)CCS(=O)(=O)c1ccccc1)c1ncc[nH]1. The highest BCUT2D eigenvalue weighted by Gasteiger charge is 2.17. The molecule has 2 N–H and O–H groups in total. The average molecular weight is 307 g/mol. The number of carbonyl (C=O) groups excluding carboxylic acids is 1. The highest BCUT2D eigenvalue weighted by Crippen LogP contribution is 2.11. The summed E-state index contributed by atoms with van der Waals surface area (Å²) < 4.78 is 24.1. The molecule has 6 nitrogen and oxygen atoms in total. The second-order valence-electron chi connectivity index (χ2n) is 4.65. The third-order valence-corrected chi connectivity index (χ3v) is 4.74. The van der Waals surface area contributed by atoms with Crippen LogP contribution in [0.3, 0.4) is 0 Å². The third-order valence-electron chi connectivity index (χ3n) is 3.01. The number of hydrogen-bond donors (Lipinski definition) is 2. The van der Waals surface area contributed by atoms with Crippen LogP contribution in [0.5, 0.6) is 0 Å². The zero-order chi connectivity index (χ0) is 15.3. The van der Waals surface area contributed by atoms with Crippen LogP contribution in [0.2, 0.25) is 0 Å². The van der Waals surface area contributed by atoms with Gasteiger partial charge in [0.2, 0.25) is 5.91 Å². The number of benzene rings is 1. The van der Waals surface area contributed by atoms with Crippen LogP contribution >= 0.6 is 0 Å². The summed E-state index contributed by atoms with van der Waals surface area (Å²) in [6, 6.07) is 7.83. The maximum absolute atomic E-state index is 12.1. The Hall–Kier alpha value is -2.15. The van der Waals surface area contributed by atoms with Gasteiger partial charge in [-0.3, -0.25) is 4.79 Å². The van der Waals surface area contributed by atoms with Crippen LogP contribution in [0.25, 0.3) is 0 Å². The van der Waals surface area contributed by atoms with E-state index in [1.807, 2.05) is 0 Å². The Morgan fingerprint density at radius 3 is 2.67 bits per heavy atom. The highest BCUT2D eigenvalue weighted by molar-refractivity contribution is 7.91. The summed E-state index contributed by atoms with van der Waals surface area (Å²) in [6.07, 6.45) is 3.18. The molecule has 0 bridgehead atoms. The number of aromatic nitrogens is 2. The first kappa shape index (κ1) is 15.2. The van der Waals surface area contributed by atoms with Crippen molar-refractivity contribution in [1.29, 1.82) is 0 Å². The van der Waals surface area contributed by atoms with E-state index in [0.717, 1.165) is 0 Å². The number of sulfone groups is 1. The van der Waals surface area contributed by atoms with Gasteiger partial charge in [0.25, 0.3) is 0 Å². The standard InChI is InChI=1S/C14H17N3O3S/c1-11(14-15-8-9-16-14)17-13(18)7-10-21(19,20)12-5-3-2-4-6-12/h2-6,8-9,11H,7,10H2,1H3,(H,15,16)(H,17,18). The normalized spacial score (nSPS) is 12.8. The Balaban J connectivity index is 1.89. The molecule has 0 aliphatic rings. The Labute approximate surface area is 123 Å². The molecule has 112 valence electrons. The zero-order valence-corrected chi connectivity index (χ0v) is 12.4. The first-order valence-electron chi connectivity index (χ1n) is 6.55. The molecule has 1 heterocycles. The lowest BCUT2D eigenvalue weighted by Gasteiger charge is -2.11. The topological polar surface area (TPSA) is 91.9 Å². The van der Waals surface area contributed by atoms with Crippen LogP contribution in [-0.2, 0) is 14.6 Å². The van der Waals surface area contributed by atoms with Crippen LogP contribution in [0.1, 0.15) is 25.2 Å². The predicted octanol–water partition coefficient (Wildman–Crippen LogP) is 1.45. The maximum Gasteiger partial charge on any atom is 0.221 e. The Morgan fingerprint density at radius 1 is 1.33 bits per heavy atom. The van der Waals surface area contributed by atoms with E-state index in [4.69, 9.17) is 0 Å². The van der Waals surface area contributed by atoms with E-state index in [1.165, 1.54) is 12.1 Å². The summed E-state index contributed by atoms with van der Waals surface area (Å²) in [5.41, 5.74) is 0. The second-order valence-corrected chi connectivity index (χ2v) is 6.75. The summed E-state index contributed by atoms with van der Waals surface area (Å²) in [6.45, 7) is 1.78. The van der Waals surface area contributed by atoms with E-state index in [0.29, 0.717) is 5.82 Å². The molecule has 0 aliphatic carbocycles. The predicted molar refractivity (Wildman–Crippen MR) is 78.3 cm³/mol. The van der Waals surface area contributed by atoms with Gasteiger partial charge in [0.15, 0.2) is 9.84 Å². The number of aromatic amines is 1. The van der Waals surface area contributed by atoms with Gasteiger partial charge in [-0.25, -0.2) is 13.4 Å². The lowest BCUT2D eigenvalue weighted by Crippen LogP contribution is -2.29. The molecule has 0 saturated carbocycles. The largest absolute Gasteiger partial charge is 0.347 e. The lowest BCUT2D eigenvalue weighted by atomic mass is 10.3. The van der Waals surface area contributed by atoms with Gasteiger partial charge >= 0.3 is 0 Å². The van der Waals surface area contributed by atoms with E-state index in [1.54, 1.807) is 37.5 Å². The van der Waals surface area contributed by atoms with Crippen molar-refractivity contribution in [2.24, 2.45) is 0 Å². The highest BCUT2D eigenvalue weighted by atomic mass is 32.2. The molecule has 1 unspecified atom stereocenters. The van der Waals surface area contributed by atoms with E-state index in [2.05, 4.69) is 15.3 Å². The summed E-state index contributed by atoms with van der Waals surface area (Å²) in [7, 11) is -3.43. The minimum Gasteiger partial charge on any atom is -0.347 e. The van der Waals surface area contributed by atoms with Crippen molar-refractivity contribution in [1.82, 2.24) is 15.3 Å². The van der Waals surface area contributed by atoms with Crippen molar-refractivity contribution in [3.8, 4) is 0 Å². The minimum atomic E-state index is -3.43. The molecule has 21 heavy (non-hydrogen) atoms. The Morgan fingerprint density at radius 2 is 2.05 bits per heavy atom. The molecule has 2 aromatic rings. The molecular weight excluding hydrogens is 290 g/mol. The lowest BCUT2D eigenvalue weighted by molar-refractivity contribution is -0.121. The summed E-state index contributed by atoms with van der Waals surface area (Å²) in [4.78, 5) is 19.0. The molecule has 0 radical (unpaired) electrons. The molecular formula is C14H17N3O3S. The molecule has 0 aliphatic heterocycles. The van der Waals surface area contributed by atoms with Crippen LogP contribution in [-0.4, -0.2) is 30.0 Å². The Kier molecular flexibility index (Phi) is 4.74.